The molecule has 6 N–H and O–H groups in total. The Bertz CT molecular complexity index is 874. The summed E-state index contributed by atoms with van der Waals surface area (Å²) < 4.78 is 27.0. The molecule has 1 aliphatic heterocycles. The van der Waals surface area contributed by atoms with E-state index >= 15 is 0 Å². The Labute approximate surface area is 150 Å². The van der Waals surface area contributed by atoms with Crippen molar-refractivity contribution in [3.63, 3.8) is 0 Å². The number of quaternary nitrogens is 1. The van der Waals surface area contributed by atoms with Crippen molar-refractivity contribution in [1.82, 2.24) is 0 Å². The molecule has 0 fully saturated rings. The van der Waals surface area contributed by atoms with Gasteiger partial charge in [-0.2, -0.15) is 0 Å². The lowest BCUT2D eigenvalue weighted by atomic mass is 9.96. The molecule has 136 valence electrons. The van der Waals surface area contributed by atoms with E-state index in [2.05, 4.69) is 10.2 Å². The maximum absolute atomic E-state index is 14.0. The van der Waals surface area contributed by atoms with Crippen LogP contribution in [0.5, 0.6) is 0 Å². The van der Waals surface area contributed by atoms with Crippen LogP contribution in [0, 0.1) is 28.4 Å². The molecular formula is C18H21F2N6+. The summed E-state index contributed by atoms with van der Waals surface area (Å²) in [6.07, 6.45) is 3.01. The van der Waals surface area contributed by atoms with Gasteiger partial charge in [-0.25, -0.2) is 14.1 Å². The molecule has 1 aromatic carbocycles. The Balaban J connectivity index is 2.20. The number of nitrogens with two attached hydrogens (primary N) is 2. The SMILES string of the molecule is C/C(N)=C(\C(=N)/C=C\C1=NN=C(C(C)C)[NH2+]1)C(=N)c1ccc(F)cc1F. The monoisotopic (exact) mass is 359 g/mol. The van der Waals surface area contributed by atoms with Crippen LogP contribution in [0.4, 0.5) is 8.78 Å². The van der Waals surface area contributed by atoms with Crippen LogP contribution >= 0.6 is 0 Å². The Morgan fingerprint density at radius 1 is 1.23 bits per heavy atom. The molecule has 0 radical (unpaired) electrons. The van der Waals surface area contributed by atoms with Crippen molar-refractivity contribution in [2.75, 3.05) is 0 Å². The number of rotatable bonds is 6. The van der Waals surface area contributed by atoms with E-state index in [1.807, 2.05) is 13.8 Å². The van der Waals surface area contributed by atoms with E-state index in [0.717, 1.165) is 18.0 Å². The highest BCUT2D eigenvalue weighted by Crippen LogP contribution is 2.17. The first-order valence-electron chi connectivity index (χ1n) is 7.98. The van der Waals surface area contributed by atoms with Crippen molar-refractivity contribution >= 4 is 23.1 Å². The first kappa shape index (κ1) is 19.3. The normalized spacial score (nSPS) is 15.2. The summed E-state index contributed by atoms with van der Waals surface area (Å²) in [6, 6.07) is 2.91. The number of hydrogen-bond acceptors (Lipinski definition) is 5. The summed E-state index contributed by atoms with van der Waals surface area (Å²) in [5, 5.41) is 26.2. The van der Waals surface area contributed by atoms with Crippen molar-refractivity contribution in [1.29, 1.82) is 10.8 Å². The summed E-state index contributed by atoms with van der Waals surface area (Å²) in [4.78, 5) is 0. The van der Waals surface area contributed by atoms with Gasteiger partial charge >= 0.3 is 0 Å². The second-order valence-electron chi connectivity index (χ2n) is 6.15. The molecule has 0 aromatic heterocycles. The smallest absolute Gasteiger partial charge is 0.250 e. The van der Waals surface area contributed by atoms with E-state index in [4.69, 9.17) is 16.6 Å². The van der Waals surface area contributed by atoms with Gasteiger partial charge < -0.3 is 11.1 Å². The molecule has 26 heavy (non-hydrogen) atoms. The number of hydrogen-bond donors (Lipinski definition) is 4. The molecule has 0 saturated heterocycles. The Hall–Kier alpha value is -3.00. The minimum atomic E-state index is -0.881. The molecule has 0 spiro atoms. The predicted octanol–water partition coefficient (Wildman–Crippen LogP) is 2.09. The van der Waals surface area contributed by atoms with Crippen LogP contribution in [0.2, 0.25) is 0 Å². The highest BCUT2D eigenvalue weighted by Gasteiger charge is 2.20. The summed E-state index contributed by atoms with van der Waals surface area (Å²) in [6.45, 7) is 5.51. The third kappa shape index (κ3) is 4.34. The van der Waals surface area contributed by atoms with Crippen molar-refractivity contribution in [2.45, 2.75) is 20.8 Å². The first-order chi connectivity index (χ1) is 12.2. The van der Waals surface area contributed by atoms with E-state index in [0.29, 0.717) is 11.9 Å². The summed E-state index contributed by atoms with van der Waals surface area (Å²) in [7, 11) is 0. The fourth-order valence-corrected chi connectivity index (χ4v) is 2.31. The first-order valence-corrected chi connectivity index (χ1v) is 7.98. The predicted molar refractivity (Wildman–Crippen MR) is 98.6 cm³/mol. The Kier molecular flexibility index (Phi) is 5.89. The molecule has 0 unspecified atom stereocenters. The van der Waals surface area contributed by atoms with Crippen molar-refractivity contribution in [2.24, 2.45) is 21.9 Å². The number of halogens is 2. The topological polar surface area (TPSA) is 115 Å². The number of nitrogens with zero attached hydrogens (tertiary/aromatic N) is 2. The van der Waals surface area contributed by atoms with Gasteiger partial charge in [-0.15, -0.1) is 0 Å². The average Bonchev–Trinajstić information content (AvgIpc) is 3.01. The number of amidine groups is 2. The number of allylic oxidation sites excluding steroid dienone is 3. The standard InChI is InChI=1S/C18H20F2N6/c1-9(2)18-24-15(25-26-18)7-6-14(22)16(10(3)21)17(23)12-5-4-11(19)8-13(12)20/h4-9,22-23H,21H2,1-3H3,(H,24,25,26)/p+1/b7-6-,16-10-,22-14?,23-17?. The molecule has 0 saturated carbocycles. The summed E-state index contributed by atoms with van der Waals surface area (Å²) in [5.74, 6) is 0.0317. The largest absolute Gasteiger partial charge is 0.402 e. The lowest BCUT2D eigenvalue weighted by Gasteiger charge is -2.11. The van der Waals surface area contributed by atoms with Crippen LogP contribution in [0.15, 0.2) is 51.8 Å². The molecule has 1 heterocycles. The van der Waals surface area contributed by atoms with Gasteiger partial charge in [-0.1, -0.05) is 24.1 Å². The lowest BCUT2D eigenvalue weighted by Crippen LogP contribution is -2.90. The second-order valence-corrected chi connectivity index (χ2v) is 6.15. The maximum Gasteiger partial charge on any atom is 0.250 e. The zero-order valence-electron chi connectivity index (χ0n) is 14.8. The number of benzene rings is 1. The van der Waals surface area contributed by atoms with E-state index in [1.165, 1.54) is 13.0 Å². The molecule has 0 bridgehead atoms. The third-order valence-corrected chi connectivity index (χ3v) is 3.70. The van der Waals surface area contributed by atoms with Gasteiger partial charge in [0, 0.05) is 34.9 Å². The van der Waals surface area contributed by atoms with Gasteiger partial charge in [0.05, 0.1) is 11.4 Å². The van der Waals surface area contributed by atoms with Gasteiger partial charge in [0.2, 0.25) is 11.7 Å². The van der Waals surface area contributed by atoms with Crippen LogP contribution in [-0.4, -0.2) is 23.1 Å². The molecule has 2 rings (SSSR count). The Morgan fingerprint density at radius 2 is 1.92 bits per heavy atom. The zero-order chi connectivity index (χ0) is 19.4. The van der Waals surface area contributed by atoms with E-state index < -0.39 is 11.6 Å². The molecule has 0 atom stereocenters. The fraction of sp³-hybridized carbons (Fsp3) is 0.222. The quantitative estimate of drug-likeness (QED) is 0.572. The van der Waals surface area contributed by atoms with Gasteiger partial charge in [-0.3, -0.25) is 5.41 Å². The lowest BCUT2D eigenvalue weighted by molar-refractivity contribution is -0.406. The zero-order valence-corrected chi connectivity index (χ0v) is 14.8. The van der Waals surface area contributed by atoms with Crippen LogP contribution in [0.1, 0.15) is 26.3 Å². The molecule has 6 nitrogen and oxygen atoms in total. The molecule has 0 amide bonds. The molecule has 1 aromatic rings. The van der Waals surface area contributed by atoms with Gasteiger partial charge in [0.1, 0.15) is 11.6 Å². The average molecular weight is 359 g/mol. The van der Waals surface area contributed by atoms with Crippen molar-refractivity contribution in [3.05, 3.63) is 58.8 Å². The van der Waals surface area contributed by atoms with E-state index in [1.54, 1.807) is 11.4 Å². The Morgan fingerprint density at radius 3 is 2.46 bits per heavy atom. The van der Waals surface area contributed by atoms with Crippen molar-refractivity contribution < 1.29 is 14.1 Å². The number of nitrogens with one attached hydrogen (secondary N) is 2. The van der Waals surface area contributed by atoms with E-state index in [-0.39, 0.29) is 34.2 Å². The minimum absolute atomic E-state index is 0.0651. The van der Waals surface area contributed by atoms with Crippen LogP contribution in [-0.2, 0) is 0 Å². The van der Waals surface area contributed by atoms with Gasteiger partial charge in [0.15, 0.2) is 0 Å². The van der Waals surface area contributed by atoms with Crippen LogP contribution in [0.25, 0.3) is 0 Å². The third-order valence-electron chi connectivity index (χ3n) is 3.70. The molecule has 0 aliphatic carbocycles. The molecule has 1 aliphatic rings. The summed E-state index contributed by atoms with van der Waals surface area (Å²) >= 11 is 0. The second kappa shape index (κ2) is 7.92. The fourth-order valence-electron chi connectivity index (χ4n) is 2.31. The minimum Gasteiger partial charge on any atom is -0.402 e. The van der Waals surface area contributed by atoms with Crippen LogP contribution < -0.4 is 11.1 Å². The maximum atomic E-state index is 14.0. The van der Waals surface area contributed by atoms with Gasteiger partial charge in [-0.05, 0) is 25.1 Å². The molecular weight excluding hydrogens is 338 g/mol. The van der Waals surface area contributed by atoms with Gasteiger partial charge in [0.25, 0.3) is 0 Å². The highest BCUT2D eigenvalue weighted by molar-refractivity contribution is 6.32. The van der Waals surface area contributed by atoms with E-state index in [9.17, 15) is 8.78 Å². The van der Waals surface area contributed by atoms with Crippen molar-refractivity contribution in [3.8, 4) is 0 Å². The summed E-state index contributed by atoms with van der Waals surface area (Å²) in [5.41, 5.74) is 5.57. The van der Waals surface area contributed by atoms with Crippen LogP contribution in [0.3, 0.4) is 0 Å². The molecule has 8 heteroatoms. The highest BCUT2D eigenvalue weighted by atomic mass is 19.1.